The van der Waals surface area contributed by atoms with Gasteiger partial charge in [0.1, 0.15) is 17.7 Å². The van der Waals surface area contributed by atoms with Gasteiger partial charge in [-0.1, -0.05) is 36.9 Å². The fourth-order valence-corrected chi connectivity index (χ4v) is 2.36. The molecule has 4 heteroatoms. The Hall–Kier alpha value is -2.62. The van der Waals surface area contributed by atoms with Crippen molar-refractivity contribution in [3.63, 3.8) is 0 Å². The van der Waals surface area contributed by atoms with E-state index in [-0.39, 0.29) is 6.17 Å². The van der Waals surface area contributed by atoms with Crippen molar-refractivity contribution < 1.29 is 9.84 Å². The number of rotatable bonds is 6. The van der Waals surface area contributed by atoms with Crippen LogP contribution in [0.4, 0.5) is 5.69 Å². The summed E-state index contributed by atoms with van der Waals surface area (Å²) in [5.41, 5.74) is 1.01. The number of nitrogens with zero attached hydrogens (tertiary/aromatic N) is 2. The number of hydrogen-bond donors (Lipinski definition) is 1. The Balaban J connectivity index is 2.08. The van der Waals surface area contributed by atoms with Crippen molar-refractivity contribution in [1.82, 2.24) is 4.90 Å². The molecule has 1 atom stereocenters. The Morgan fingerprint density at radius 1 is 1.32 bits per heavy atom. The van der Waals surface area contributed by atoms with Gasteiger partial charge in [0.2, 0.25) is 0 Å². The van der Waals surface area contributed by atoms with E-state index in [0.29, 0.717) is 12.3 Å². The predicted octanol–water partition coefficient (Wildman–Crippen LogP) is 3.82. The number of benzene rings is 1. The van der Waals surface area contributed by atoms with E-state index in [9.17, 15) is 5.11 Å². The molecule has 0 bridgehead atoms. The van der Waals surface area contributed by atoms with Crippen molar-refractivity contribution in [3.05, 3.63) is 73.3 Å². The molecule has 1 aromatic rings. The minimum atomic E-state index is 0.0928. The van der Waals surface area contributed by atoms with E-state index in [1.807, 2.05) is 36.7 Å². The zero-order chi connectivity index (χ0) is 15.9. The van der Waals surface area contributed by atoms with Crippen LogP contribution in [0.1, 0.15) is 6.92 Å². The average Bonchev–Trinajstić information content (AvgIpc) is 2.88. The number of ether oxygens (including phenoxy) is 1. The summed E-state index contributed by atoms with van der Waals surface area (Å²) < 4.78 is 5.41. The third-order valence-electron chi connectivity index (χ3n) is 3.54. The van der Waals surface area contributed by atoms with Gasteiger partial charge in [-0.05, 0) is 25.1 Å². The molecule has 1 N–H and O–H groups in total. The van der Waals surface area contributed by atoms with E-state index in [1.165, 1.54) is 0 Å². The Bertz CT molecular complexity index is 605. The molecule has 0 aromatic heterocycles. The van der Waals surface area contributed by atoms with Crippen LogP contribution in [0.3, 0.4) is 0 Å². The molecule has 0 radical (unpaired) electrons. The highest BCUT2D eigenvalue weighted by atomic mass is 16.5. The second-order valence-electron chi connectivity index (χ2n) is 4.96. The van der Waals surface area contributed by atoms with Gasteiger partial charge in [0.15, 0.2) is 0 Å². The number of anilines is 1. The van der Waals surface area contributed by atoms with Crippen LogP contribution in [0.15, 0.2) is 73.3 Å². The molecule has 2 rings (SSSR count). The van der Waals surface area contributed by atoms with Crippen LogP contribution in [0.5, 0.6) is 5.75 Å². The van der Waals surface area contributed by atoms with E-state index in [4.69, 9.17) is 4.74 Å². The first-order chi connectivity index (χ1) is 10.7. The maximum Gasteiger partial charge on any atom is 0.142 e. The lowest BCUT2D eigenvalue weighted by Gasteiger charge is -2.30. The lowest BCUT2D eigenvalue weighted by Crippen LogP contribution is -2.37. The van der Waals surface area contributed by atoms with Crippen LogP contribution >= 0.6 is 0 Å². The van der Waals surface area contributed by atoms with Crippen LogP contribution in [0, 0.1) is 0 Å². The summed E-state index contributed by atoms with van der Waals surface area (Å²) in [6, 6.07) is 7.89. The van der Waals surface area contributed by atoms with Gasteiger partial charge in [-0.15, -0.1) is 0 Å². The minimum absolute atomic E-state index is 0.0928. The molecule has 1 aromatic carbocycles. The van der Waals surface area contributed by atoms with Gasteiger partial charge in [0.05, 0.1) is 19.3 Å². The summed E-state index contributed by atoms with van der Waals surface area (Å²) in [5, 5.41) is 9.97. The number of hydrogen-bond acceptors (Lipinski definition) is 4. The van der Waals surface area contributed by atoms with E-state index < -0.39 is 0 Å². The van der Waals surface area contributed by atoms with E-state index in [0.717, 1.165) is 11.4 Å². The quantitative estimate of drug-likeness (QED) is 0.640. The molecule has 1 unspecified atom stereocenters. The third-order valence-corrected chi connectivity index (χ3v) is 3.54. The van der Waals surface area contributed by atoms with Crippen molar-refractivity contribution in [2.45, 2.75) is 13.1 Å². The van der Waals surface area contributed by atoms with Gasteiger partial charge < -0.3 is 19.6 Å². The Kier molecular flexibility index (Phi) is 5.31. The second-order valence-corrected chi connectivity index (χ2v) is 4.96. The van der Waals surface area contributed by atoms with Crippen molar-refractivity contribution in [1.29, 1.82) is 0 Å². The maximum absolute atomic E-state index is 9.97. The number of aliphatic hydroxyl groups is 1. The summed E-state index contributed by atoms with van der Waals surface area (Å²) in [6.45, 7) is 6.13. The predicted molar refractivity (Wildman–Crippen MR) is 90.8 cm³/mol. The van der Waals surface area contributed by atoms with Gasteiger partial charge >= 0.3 is 0 Å². The van der Waals surface area contributed by atoms with Crippen LogP contribution in [-0.4, -0.2) is 29.8 Å². The first kappa shape index (κ1) is 15.8. The van der Waals surface area contributed by atoms with E-state index >= 15 is 0 Å². The average molecular weight is 298 g/mol. The zero-order valence-electron chi connectivity index (χ0n) is 13.0. The summed E-state index contributed by atoms with van der Waals surface area (Å²) in [7, 11) is 1.67. The first-order valence-corrected chi connectivity index (χ1v) is 7.20. The van der Waals surface area contributed by atoms with Crippen LogP contribution in [0.25, 0.3) is 0 Å². The maximum atomic E-state index is 9.97. The standard InChI is InChI=1S/C18H22N2O2/c1-4-5-6-9-16(21)14-19-12-13-20(15(19)2)17-10-7-8-11-18(17)22-3/h4-13,15,21H,1,14H2,2-3H3/b6-5-,16-9+. The molecule has 0 saturated heterocycles. The summed E-state index contributed by atoms with van der Waals surface area (Å²) >= 11 is 0. The molecule has 22 heavy (non-hydrogen) atoms. The molecular formula is C18H22N2O2. The number of para-hydroxylation sites is 2. The smallest absolute Gasteiger partial charge is 0.142 e. The van der Waals surface area contributed by atoms with Crippen LogP contribution in [0.2, 0.25) is 0 Å². The van der Waals surface area contributed by atoms with Gasteiger partial charge in [0.25, 0.3) is 0 Å². The fourth-order valence-electron chi connectivity index (χ4n) is 2.36. The summed E-state index contributed by atoms with van der Waals surface area (Å²) in [5.74, 6) is 1.13. The van der Waals surface area contributed by atoms with Crippen molar-refractivity contribution in [2.24, 2.45) is 0 Å². The largest absolute Gasteiger partial charge is 0.510 e. The molecule has 4 nitrogen and oxygen atoms in total. The lowest BCUT2D eigenvalue weighted by molar-refractivity contribution is 0.280. The molecule has 0 saturated carbocycles. The molecule has 0 aliphatic carbocycles. The molecule has 0 amide bonds. The monoisotopic (exact) mass is 298 g/mol. The molecule has 116 valence electrons. The SMILES string of the molecule is C=C/C=C\C=C(\O)CN1C=CN(c2ccccc2OC)C1C. The van der Waals surface area contributed by atoms with Crippen LogP contribution in [-0.2, 0) is 0 Å². The fraction of sp³-hybridized carbons (Fsp3) is 0.222. The van der Waals surface area contributed by atoms with Crippen molar-refractivity contribution in [3.8, 4) is 5.75 Å². The summed E-state index contributed by atoms with van der Waals surface area (Å²) in [6.07, 6.45) is 11.0. The number of methoxy groups -OCH3 is 1. The molecule has 1 aliphatic heterocycles. The Labute approximate surface area is 131 Å². The van der Waals surface area contributed by atoms with Crippen LogP contribution < -0.4 is 9.64 Å². The normalized spacial score (nSPS) is 18.3. The van der Waals surface area contributed by atoms with Gasteiger partial charge in [0, 0.05) is 12.4 Å². The highest BCUT2D eigenvalue weighted by Gasteiger charge is 2.25. The third kappa shape index (κ3) is 3.52. The van der Waals surface area contributed by atoms with Gasteiger partial charge in [-0.25, -0.2) is 0 Å². The van der Waals surface area contributed by atoms with E-state index in [1.54, 1.807) is 31.4 Å². The van der Waals surface area contributed by atoms with Crippen molar-refractivity contribution in [2.75, 3.05) is 18.6 Å². The molecule has 0 fully saturated rings. The van der Waals surface area contributed by atoms with E-state index in [2.05, 4.69) is 23.3 Å². The highest BCUT2D eigenvalue weighted by Crippen LogP contribution is 2.32. The Morgan fingerprint density at radius 2 is 2.09 bits per heavy atom. The topological polar surface area (TPSA) is 35.9 Å². The second kappa shape index (κ2) is 7.41. The zero-order valence-corrected chi connectivity index (χ0v) is 13.0. The van der Waals surface area contributed by atoms with Crippen molar-refractivity contribution >= 4 is 5.69 Å². The summed E-state index contributed by atoms with van der Waals surface area (Å²) in [4.78, 5) is 4.17. The highest BCUT2D eigenvalue weighted by molar-refractivity contribution is 5.61. The molecule has 1 heterocycles. The lowest BCUT2D eigenvalue weighted by atomic mass is 10.2. The number of allylic oxidation sites excluding steroid dienone is 4. The minimum Gasteiger partial charge on any atom is -0.510 e. The Morgan fingerprint density at radius 3 is 2.82 bits per heavy atom. The molecular weight excluding hydrogens is 276 g/mol. The molecule has 0 spiro atoms. The van der Waals surface area contributed by atoms with Gasteiger partial charge in [-0.2, -0.15) is 0 Å². The first-order valence-electron chi connectivity index (χ1n) is 7.20. The molecule has 1 aliphatic rings. The number of aliphatic hydroxyl groups excluding tert-OH is 1. The van der Waals surface area contributed by atoms with Gasteiger partial charge in [-0.3, -0.25) is 0 Å².